The van der Waals surface area contributed by atoms with Crippen LogP contribution in [0.2, 0.25) is 0 Å². The Balaban J connectivity index is 1.32. The van der Waals surface area contributed by atoms with E-state index in [4.69, 9.17) is 4.74 Å². The van der Waals surface area contributed by atoms with Crippen molar-refractivity contribution < 1.29 is 22.7 Å². The molecule has 0 unspecified atom stereocenters. The predicted octanol–water partition coefficient (Wildman–Crippen LogP) is 1.99. The molecule has 2 atom stereocenters. The van der Waals surface area contributed by atoms with Crippen molar-refractivity contribution in [1.82, 2.24) is 24.5 Å². The maximum absolute atomic E-state index is 15.1. The molecule has 2 aliphatic heterocycles. The lowest BCUT2D eigenvalue weighted by Crippen LogP contribution is -2.49. The molecule has 0 saturated carbocycles. The number of amides is 1. The molecule has 3 aromatic heterocycles. The van der Waals surface area contributed by atoms with Gasteiger partial charge in [0.1, 0.15) is 18.6 Å². The Bertz CT molecular complexity index is 1140. The number of aromatic nitrogens is 4. The van der Waals surface area contributed by atoms with Crippen molar-refractivity contribution in [2.45, 2.75) is 19.1 Å². The molecule has 2 aliphatic rings. The Morgan fingerprint density at radius 1 is 1.16 bits per heavy atom. The lowest BCUT2D eigenvalue weighted by molar-refractivity contribution is -0.139. The Morgan fingerprint density at radius 2 is 2.03 bits per heavy atom. The summed E-state index contributed by atoms with van der Waals surface area (Å²) in [7, 11) is 0. The van der Waals surface area contributed by atoms with Crippen LogP contribution in [0, 0.1) is 17.6 Å². The smallest absolute Gasteiger partial charge is 0.229 e. The van der Waals surface area contributed by atoms with Gasteiger partial charge in [0.15, 0.2) is 23.0 Å². The Morgan fingerprint density at radius 3 is 2.87 bits per heavy atom. The van der Waals surface area contributed by atoms with E-state index in [0.717, 1.165) is 12.4 Å². The van der Waals surface area contributed by atoms with E-state index < -0.39 is 23.7 Å². The van der Waals surface area contributed by atoms with E-state index in [9.17, 15) is 13.6 Å². The lowest BCUT2D eigenvalue weighted by Gasteiger charge is -2.37. The first kappa shape index (κ1) is 19.6. The fourth-order valence-corrected chi connectivity index (χ4v) is 4.18. The Labute approximate surface area is 175 Å². The highest BCUT2D eigenvalue weighted by Crippen LogP contribution is 2.30. The van der Waals surface area contributed by atoms with Crippen molar-refractivity contribution >= 4 is 17.4 Å². The van der Waals surface area contributed by atoms with Gasteiger partial charge in [-0.2, -0.15) is 9.61 Å². The van der Waals surface area contributed by atoms with Crippen LogP contribution >= 0.6 is 0 Å². The van der Waals surface area contributed by atoms with E-state index >= 15 is 4.39 Å². The third-order valence-electron chi connectivity index (χ3n) is 5.73. The van der Waals surface area contributed by atoms with Crippen molar-refractivity contribution in [3.8, 4) is 5.75 Å². The number of ether oxygens (including phenoxy) is 1. The Kier molecular flexibility index (Phi) is 4.87. The molecule has 0 aliphatic carbocycles. The fourth-order valence-electron chi connectivity index (χ4n) is 4.18. The van der Waals surface area contributed by atoms with Crippen LogP contribution in [0.25, 0.3) is 5.65 Å². The number of carbonyl (C=O) groups excluding carboxylic acids is 1. The van der Waals surface area contributed by atoms with Gasteiger partial charge < -0.3 is 14.5 Å². The molecular weight excluding hydrogens is 413 g/mol. The number of fused-ring (bicyclic) bond motifs is 2. The number of hydrogen-bond donors (Lipinski definition) is 0. The first-order valence-corrected chi connectivity index (χ1v) is 9.94. The average molecular weight is 432 g/mol. The summed E-state index contributed by atoms with van der Waals surface area (Å²) in [6.07, 6.45) is 3.87. The SMILES string of the molecule is O=C([C@H]1CCN(c2ccnc3c(F)cnn23)C[C@@H]1F)N1CCOc2c(F)cncc2C1. The molecule has 0 spiro atoms. The number of rotatable bonds is 2. The molecule has 11 heteroatoms. The summed E-state index contributed by atoms with van der Waals surface area (Å²) in [5.41, 5.74) is 0.522. The van der Waals surface area contributed by atoms with E-state index in [2.05, 4.69) is 15.1 Å². The maximum atomic E-state index is 15.1. The van der Waals surface area contributed by atoms with Crippen LogP contribution in [0.15, 0.2) is 30.9 Å². The van der Waals surface area contributed by atoms with Gasteiger partial charge in [-0.15, -0.1) is 0 Å². The minimum Gasteiger partial charge on any atom is -0.488 e. The highest BCUT2D eigenvalue weighted by Gasteiger charge is 2.38. The molecule has 31 heavy (non-hydrogen) atoms. The van der Waals surface area contributed by atoms with Gasteiger partial charge in [-0.05, 0) is 12.5 Å². The average Bonchev–Trinajstić information content (AvgIpc) is 3.01. The zero-order chi connectivity index (χ0) is 21.5. The number of alkyl halides is 1. The molecule has 1 fully saturated rings. The third kappa shape index (κ3) is 3.43. The number of nitrogens with zero attached hydrogens (tertiary/aromatic N) is 6. The van der Waals surface area contributed by atoms with Crippen LogP contribution in [0.3, 0.4) is 0 Å². The second-order valence-electron chi connectivity index (χ2n) is 7.61. The minimum absolute atomic E-state index is 0.0336. The molecule has 5 rings (SSSR count). The van der Waals surface area contributed by atoms with Crippen molar-refractivity contribution in [2.24, 2.45) is 5.92 Å². The molecule has 3 aromatic rings. The second kappa shape index (κ2) is 7.71. The van der Waals surface area contributed by atoms with Crippen molar-refractivity contribution in [3.63, 3.8) is 0 Å². The molecule has 0 aromatic carbocycles. The standard InChI is InChI=1S/C20H19F3N6O2/c21-14-8-24-7-12-10-28(5-6-31-18(12)14)20(30)13-2-4-27(11-16(13)23)17-1-3-25-19-15(22)9-26-29(17)19/h1,3,7-9,13,16H,2,4-6,10-11H2/t13-,16-/m0/s1. The number of anilines is 1. The molecule has 5 heterocycles. The van der Waals surface area contributed by atoms with Crippen LogP contribution < -0.4 is 9.64 Å². The van der Waals surface area contributed by atoms with Gasteiger partial charge in [0, 0.05) is 24.5 Å². The quantitative estimate of drug-likeness (QED) is 0.617. The van der Waals surface area contributed by atoms with Gasteiger partial charge in [0.2, 0.25) is 5.91 Å². The highest BCUT2D eigenvalue weighted by molar-refractivity contribution is 5.80. The predicted molar refractivity (Wildman–Crippen MR) is 103 cm³/mol. The normalized spacial score (nSPS) is 21.5. The fraction of sp³-hybridized carbons (Fsp3) is 0.400. The number of halogens is 3. The number of carbonyl (C=O) groups is 1. The summed E-state index contributed by atoms with van der Waals surface area (Å²) in [5, 5.41) is 3.97. The van der Waals surface area contributed by atoms with Crippen LogP contribution in [0.4, 0.5) is 19.0 Å². The van der Waals surface area contributed by atoms with E-state index in [1.807, 2.05) is 0 Å². The molecule has 162 valence electrons. The monoisotopic (exact) mass is 432 g/mol. The van der Waals surface area contributed by atoms with E-state index in [1.54, 1.807) is 11.0 Å². The largest absolute Gasteiger partial charge is 0.488 e. The molecule has 0 radical (unpaired) electrons. The molecule has 0 N–H and O–H groups in total. The number of piperidine rings is 1. The molecule has 1 saturated heterocycles. The van der Waals surface area contributed by atoms with Gasteiger partial charge >= 0.3 is 0 Å². The summed E-state index contributed by atoms with van der Waals surface area (Å²) >= 11 is 0. The zero-order valence-electron chi connectivity index (χ0n) is 16.4. The zero-order valence-corrected chi connectivity index (χ0v) is 16.4. The van der Waals surface area contributed by atoms with Crippen molar-refractivity contribution in [3.05, 3.63) is 48.1 Å². The molecule has 1 amide bonds. The summed E-state index contributed by atoms with van der Waals surface area (Å²) in [5.74, 6) is -1.70. The van der Waals surface area contributed by atoms with Crippen molar-refractivity contribution in [2.75, 3.05) is 31.1 Å². The van der Waals surface area contributed by atoms with E-state index in [0.29, 0.717) is 17.9 Å². The first-order valence-electron chi connectivity index (χ1n) is 9.94. The summed E-state index contributed by atoms with van der Waals surface area (Å²) in [6, 6.07) is 1.64. The topological polar surface area (TPSA) is 75.9 Å². The van der Waals surface area contributed by atoms with Crippen LogP contribution in [0.5, 0.6) is 5.75 Å². The van der Waals surface area contributed by atoms with Crippen LogP contribution in [-0.4, -0.2) is 62.8 Å². The lowest BCUT2D eigenvalue weighted by atomic mass is 9.93. The first-order chi connectivity index (χ1) is 15.0. The summed E-state index contributed by atoms with van der Waals surface area (Å²) < 4.78 is 49.6. The Hall–Kier alpha value is -3.37. The van der Waals surface area contributed by atoms with Gasteiger partial charge in [-0.1, -0.05) is 0 Å². The molecule has 8 nitrogen and oxygen atoms in total. The van der Waals surface area contributed by atoms with Gasteiger partial charge in [-0.25, -0.2) is 18.2 Å². The van der Waals surface area contributed by atoms with Crippen LogP contribution in [0.1, 0.15) is 12.0 Å². The minimum atomic E-state index is -1.43. The molecule has 0 bridgehead atoms. The molecular formula is C20H19F3N6O2. The number of hydrogen-bond acceptors (Lipinski definition) is 6. The summed E-state index contributed by atoms with van der Waals surface area (Å²) in [4.78, 5) is 24.1. The second-order valence-corrected chi connectivity index (χ2v) is 7.61. The summed E-state index contributed by atoms with van der Waals surface area (Å²) in [6.45, 7) is 0.832. The van der Waals surface area contributed by atoms with Gasteiger partial charge in [0.25, 0.3) is 0 Å². The maximum Gasteiger partial charge on any atom is 0.229 e. The van der Waals surface area contributed by atoms with Gasteiger partial charge in [0.05, 0.1) is 37.9 Å². The number of pyridine rings is 1. The van der Waals surface area contributed by atoms with E-state index in [-0.39, 0.29) is 50.0 Å². The highest BCUT2D eigenvalue weighted by atomic mass is 19.1. The van der Waals surface area contributed by atoms with Gasteiger partial charge in [-0.3, -0.25) is 9.78 Å². The van der Waals surface area contributed by atoms with Crippen LogP contribution in [-0.2, 0) is 11.3 Å². The van der Waals surface area contributed by atoms with E-state index in [1.165, 1.54) is 21.8 Å². The van der Waals surface area contributed by atoms with Crippen molar-refractivity contribution in [1.29, 1.82) is 0 Å². The third-order valence-corrected chi connectivity index (χ3v) is 5.73.